The van der Waals surface area contributed by atoms with Crippen molar-refractivity contribution in [2.24, 2.45) is 0 Å². The van der Waals surface area contributed by atoms with Gasteiger partial charge in [-0.05, 0) is 141 Å². The Morgan fingerprint density at radius 3 is 1.35 bits per heavy atom. The minimum atomic E-state index is 0.0574. The Morgan fingerprint density at radius 1 is 0.377 bits per heavy atom. The largest absolute Gasteiger partial charge is 0.463 e. The summed E-state index contributed by atoms with van der Waals surface area (Å²) in [6.45, 7) is 26.8. The van der Waals surface area contributed by atoms with E-state index in [0.29, 0.717) is 0 Å². The van der Waals surface area contributed by atoms with Gasteiger partial charge in [-0.25, -0.2) is 0 Å². The smallest absolute Gasteiger partial charge is 0.136 e. The molecule has 0 aliphatic rings. The second-order valence-electron chi connectivity index (χ2n) is 22.4. The molecule has 0 amide bonds. The molecule has 0 fully saturated rings. The summed E-state index contributed by atoms with van der Waals surface area (Å²) in [5, 5.41) is 11.0. The molecule has 2 aromatic heterocycles. The summed E-state index contributed by atoms with van der Waals surface area (Å²) in [6, 6.07) is 56.0. The van der Waals surface area contributed by atoms with E-state index in [9.17, 15) is 0 Å². The predicted molar refractivity (Wildman–Crippen MR) is 301 cm³/mol. The van der Waals surface area contributed by atoms with E-state index in [4.69, 9.17) is 14.6 Å². The molecule has 4 nitrogen and oxygen atoms in total. The standard InChI is InChI=1S/C32H33NO.C20H21N.C12H13BrO/c1-31(2,3)22-14-16-28(26(18-22)25-13-9-11-21-10-7-8-12-24(21)25)33-29-20-34-30-17-15-23(19-27(29)30)32(4,5)6;1-20(2,3)15-11-12-19(21)18(13-15)17-10-6-8-14-7-4-5-9-16(14)17;1-12(2,3)8-4-5-11-9(6-8)10(13)7-14-11/h7-20,33H,1-6H3;4-13H,21H2,1-3H3;4-7H,1-3H3. The van der Waals surface area contributed by atoms with E-state index >= 15 is 0 Å². The number of hydrogen-bond donors (Lipinski definition) is 2. The van der Waals surface area contributed by atoms with Crippen LogP contribution in [0.15, 0.2) is 184 Å². The van der Waals surface area contributed by atoms with E-state index in [2.05, 4.69) is 250 Å². The van der Waals surface area contributed by atoms with Gasteiger partial charge in [0.15, 0.2) is 0 Å². The Kier molecular flexibility index (Phi) is 13.5. The summed E-state index contributed by atoms with van der Waals surface area (Å²) in [6.07, 6.45) is 3.57. The van der Waals surface area contributed by atoms with Gasteiger partial charge in [-0.1, -0.05) is 192 Å². The van der Waals surface area contributed by atoms with E-state index < -0.39 is 0 Å². The third-order valence-electron chi connectivity index (χ3n) is 13.1. The fourth-order valence-electron chi connectivity index (χ4n) is 8.72. The van der Waals surface area contributed by atoms with Crippen LogP contribution in [0.3, 0.4) is 0 Å². The maximum atomic E-state index is 6.26. The highest BCUT2D eigenvalue weighted by Gasteiger charge is 2.21. The molecule has 0 unspecified atom stereocenters. The molecule has 3 N–H and O–H groups in total. The molecule has 0 saturated heterocycles. The number of furan rings is 2. The Labute approximate surface area is 418 Å². The van der Waals surface area contributed by atoms with E-state index in [1.54, 1.807) is 6.26 Å². The van der Waals surface area contributed by atoms with Gasteiger partial charge < -0.3 is 19.9 Å². The van der Waals surface area contributed by atoms with Crippen molar-refractivity contribution in [2.45, 2.75) is 105 Å². The van der Waals surface area contributed by atoms with Crippen LogP contribution in [0, 0.1) is 0 Å². The molecule has 352 valence electrons. The van der Waals surface area contributed by atoms with Crippen LogP contribution in [0.25, 0.3) is 65.7 Å². The van der Waals surface area contributed by atoms with Gasteiger partial charge in [0.25, 0.3) is 0 Å². The minimum absolute atomic E-state index is 0.0574. The maximum Gasteiger partial charge on any atom is 0.136 e. The van der Waals surface area contributed by atoms with Gasteiger partial charge in [0, 0.05) is 33.3 Å². The Bertz CT molecular complexity index is 3420. The average Bonchev–Trinajstić information content (AvgIpc) is 3.89. The fourth-order valence-corrected chi connectivity index (χ4v) is 9.12. The van der Waals surface area contributed by atoms with Gasteiger partial charge in [-0.15, -0.1) is 0 Å². The number of nitrogens with one attached hydrogen (secondary N) is 1. The van der Waals surface area contributed by atoms with Crippen LogP contribution in [-0.2, 0) is 21.7 Å². The lowest BCUT2D eigenvalue weighted by molar-refractivity contribution is 0.589. The molecule has 8 aromatic carbocycles. The van der Waals surface area contributed by atoms with Crippen molar-refractivity contribution in [3.05, 3.63) is 197 Å². The van der Waals surface area contributed by atoms with Gasteiger partial charge in [0.1, 0.15) is 23.7 Å². The van der Waals surface area contributed by atoms with Crippen molar-refractivity contribution in [3.8, 4) is 22.3 Å². The summed E-state index contributed by atoms with van der Waals surface area (Å²) in [7, 11) is 0. The van der Waals surface area contributed by atoms with Crippen molar-refractivity contribution in [1.82, 2.24) is 0 Å². The van der Waals surface area contributed by atoms with Gasteiger partial charge in [-0.2, -0.15) is 0 Å². The molecule has 0 aliphatic carbocycles. The third kappa shape index (κ3) is 10.9. The maximum absolute atomic E-state index is 6.26. The highest BCUT2D eigenvalue weighted by atomic mass is 79.9. The van der Waals surface area contributed by atoms with Gasteiger partial charge >= 0.3 is 0 Å². The van der Waals surface area contributed by atoms with Crippen LogP contribution >= 0.6 is 15.9 Å². The first-order valence-electron chi connectivity index (χ1n) is 24.0. The Hall–Kier alpha value is -6.56. The topological polar surface area (TPSA) is 64.3 Å². The van der Waals surface area contributed by atoms with E-state index in [1.807, 2.05) is 18.4 Å². The minimum Gasteiger partial charge on any atom is -0.463 e. The molecular weight excluding hydrogens is 909 g/mol. The SMILES string of the molecule is CC(C)(C)c1ccc(N)c(-c2cccc3ccccc23)c1.CC(C)(C)c1ccc(Nc2coc3ccc(C(C)(C)C)cc23)c(-c2cccc3ccccc23)c1.CC(C)(C)c1ccc2occ(Br)c2c1. The van der Waals surface area contributed by atoms with E-state index in [-0.39, 0.29) is 21.7 Å². The zero-order valence-corrected chi connectivity index (χ0v) is 44.0. The fraction of sp³-hybridized carbons (Fsp3) is 0.250. The lowest BCUT2D eigenvalue weighted by Gasteiger charge is -2.22. The van der Waals surface area contributed by atoms with Crippen LogP contribution in [0.4, 0.5) is 17.1 Å². The zero-order chi connectivity index (χ0) is 49.5. The predicted octanol–water partition coefficient (Wildman–Crippen LogP) is 19.5. The molecular formula is C64H67BrN2O2. The first-order valence-corrected chi connectivity index (χ1v) is 24.8. The van der Waals surface area contributed by atoms with Crippen molar-refractivity contribution in [3.63, 3.8) is 0 Å². The summed E-state index contributed by atoms with van der Waals surface area (Å²) in [5.74, 6) is 0. The zero-order valence-electron chi connectivity index (χ0n) is 42.4. The summed E-state index contributed by atoms with van der Waals surface area (Å²) < 4.78 is 12.3. The third-order valence-corrected chi connectivity index (χ3v) is 13.7. The van der Waals surface area contributed by atoms with Crippen molar-refractivity contribution < 1.29 is 8.83 Å². The van der Waals surface area contributed by atoms with Gasteiger partial charge in [-0.3, -0.25) is 0 Å². The summed E-state index contributed by atoms with van der Waals surface area (Å²) in [4.78, 5) is 0. The molecule has 0 saturated carbocycles. The van der Waals surface area contributed by atoms with Crippen molar-refractivity contribution >= 4 is 76.5 Å². The number of anilines is 3. The summed E-state index contributed by atoms with van der Waals surface area (Å²) >= 11 is 3.47. The quantitative estimate of drug-likeness (QED) is 0.173. The number of rotatable bonds is 4. The lowest BCUT2D eigenvalue weighted by atomic mass is 9.84. The number of nitrogen functional groups attached to an aromatic ring is 1. The molecule has 0 spiro atoms. The normalized spacial score (nSPS) is 12.2. The number of benzene rings is 8. The van der Waals surface area contributed by atoms with Crippen LogP contribution in [-0.4, -0.2) is 0 Å². The molecule has 0 bridgehead atoms. The van der Waals surface area contributed by atoms with Crippen molar-refractivity contribution in [2.75, 3.05) is 11.1 Å². The lowest BCUT2D eigenvalue weighted by Crippen LogP contribution is -2.11. The van der Waals surface area contributed by atoms with Crippen LogP contribution in [0.2, 0.25) is 0 Å². The van der Waals surface area contributed by atoms with E-state index in [0.717, 1.165) is 49.0 Å². The first-order chi connectivity index (χ1) is 32.6. The first kappa shape index (κ1) is 48.9. The number of hydrogen-bond acceptors (Lipinski definition) is 4. The van der Waals surface area contributed by atoms with Gasteiger partial charge in [0.05, 0.1) is 10.2 Å². The van der Waals surface area contributed by atoms with Crippen molar-refractivity contribution in [1.29, 1.82) is 0 Å². The average molecular weight is 976 g/mol. The highest BCUT2D eigenvalue weighted by Crippen LogP contribution is 2.41. The molecule has 0 radical (unpaired) electrons. The molecule has 69 heavy (non-hydrogen) atoms. The Balaban J connectivity index is 0.000000155. The number of halogens is 1. The molecule has 5 heteroatoms. The molecule has 0 aliphatic heterocycles. The summed E-state index contributed by atoms with van der Waals surface area (Å²) in [5.41, 5.74) is 21.4. The van der Waals surface area contributed by atoms with Gasteiger partial charge in [0.2, 0.25) is 0 Å². The molecule has 2 heterocycles. The monoisotopic (exact) mass is 974 g/mol. The number of fused-ring (bicyclic) bond motifs is 4. The van der Waals surface area contributed by atoms with E-state index in [1.165, 1.54) is 60.5 Å². The highest BCUT2D eigenvalue weighted by molar-refractivity contribution is 9.10. The van der Waals surface area contributed by atoms with Crippen LogP contribution in [0.1, 0.15) is 105 Å². The number of nitrogens with two attached hydrogens (primary N) is 1. The molecule has 10 aromatic rings. The Morgan fingerprint density at radius 2 is 0.797 bits per heavy atom. The molecule has 10 rings (SSSR count). The molecule has 0 atom stereocenters. The van der Waals surface area contributed by atoms with Crippen LogP contribution in [0.5, 0.6) is 0 Å². The van der Waals surface area contributed by atoms with Crippen LogP contribution < -0.4 is 11.1 Å². The second kappa shape index (κ2) is 19.1. The second-order valence-corrected chi connectivity index (χ2v) is 23.3.